The summed E-state index contributed by atoms with van der Waals surface area (Å²) in [6.07, 6.45) is 4.61. The largest absolute Gasteiger partial charge is 0.466 e. The van der Waals surface area contributed by atoms with Gasteiger partial charge in [-0.15, -0.1) is 0 Å². The molecular formula is C13H23O5P. The van der Waals surface area contributed by atoms with Crippen LogP contribution in [0.4, 0.5) is 0 Å². The second-order valence-corrected chi connectivity index (χ2v) is 6.56. The monoisotopic (exact) mass is 290 g/mol. The molecule has 1 atom stereocenters. The topological polar surface area (TPSA) is 61.8 Å². The molecule has 1 rings (SSSR count). The van der Waals surface area contributed by atoms with E-state index in [1.807, 2.05) is 0 Å². The van der Waals surface area contributed by atoms with Gasteiger partial charge in [0, 0.05) is 6.08 Å². The van der Waals surface area contributed by atoms with Crippen LogP contribution in [0.15, 0.2) is 11.6 Å². The van der Waals surface area contributed by atoms with Gasteiger partial charge in [-0.05, 0) is 39.0 Å². The molecule has 1 unspecified atom stereocenters. The molecule has 0 amide bonds. The van der Waals surface area contributed by atoms with Gasteiger partial charge < -0.3 is 13.8 Å². The lowest BCUT2D eigenvalue weighted by molar-refractivity contribution is -0.134. The number of methoxy groups -OCH3 is 1. The van der Waals surface area contributed by atoms with Crippen molar-refractivity contribution in [2.75, 3.05) is 26.5 Å². The highest BCUT2D eigenvalue weighted by Gasteiger charge is 2.32. The summed E-state index contributed by atoms with van der Waals surface area (Å²) in [5.74, 6) is -0.271. The van der Waals surface area contributed by atoms with Gasteiger partial charge in [0.1, 0.15) is 0 Å². The van der Waals surface area contributed by atoms with Gasteiger partial charge in [-0.25, -0.2) is 4.79 Å². The molecule has 0 aromatic heterocycles. The van der Waals surface area contributed by atoms with Gasteiger partial charge in [0.05, 0.1) is 26.5 Å². The second kappa shape index (κ2) is 7.83. The van der Waals surface area contributed by atoms with Crippen LogP contribution in [0.25, 0.3) is 0 Å². The smallest absolute Gasteiger partial charge is 0.331 e. The molecule has 5 nitrogen and oxygen atoms in total. The fraction of sp³-hybridized carbons (Fsp3) is 0.769. The van der Waals surface area contributed by atoms with E-state index in [0.29, 0.717) is 19.4 Å². The molecule has 0 bridgehead atoms. The summed E-state index contributed by atoms with van der Waals surface area (Å²) in [5.41, 5.74) is 0.992. The van der Waals surface area contributed by atoms with Crippen molar-refractivity contribution < 1.29 is 23.1 Å². The lowest BCUT2D eigenvalue weighted by atomic mass is 10.1. The first-order valence-corrected chi connectivity index (χ1v) is 8.44. The van der Waals surface area contributed by atoms with E-state index in [0.717, 1.165) is 24.8 Å². The van der Waals surface area contributed by atoms with Crippen molar-refractivity contribution in [3.63, 3.8) is 0 Å². The molecule has 0 spiro atoms. The fourth-order valence-electron chi connectivity index (χ4n) is 2.36. The normalized spacial score (nSPS) is 21.8. The van der Waals surface area contributed by atoms with E-state index in [4.69, 9.17) is 9.05 Å². The number of allylic oxidation sites excluding steroid dienone is 1. The van der Waals surface area contributed by atoms with Crippen LogP contribution in [-0.4, -0.2) is 32.5 Å². The predicted octanol–water partition coefficient (Wildman–Crippen LogP) is 3.15. The van der Waals surface area contributed by atoms with Crippen molar-refractivity contribution in [1.29, 1.82) is 0 Å². The summed E-state index contributed by atoms with van der Waals surface area (Å²) in [6, 6.07) is 0. The Morgan fingerprint density at radius 1 is 1.37 bits per heavy atom. The summed E-state index contributed by atoms with van der Waals surface area (Å²) in [4.78, 5) is 11.3. The van der Waals surface area contributed by atoms with E-state index in [1.54, 1.807) is 13.8 Å². The summed E-state index contributed by atoms with van der Waals surface area (Å²) >= 11 is 0. The zero-order valence-electron chi connectivity index (χ0n) is 11.9. The first-order valence-electron chi connectivity index (χ1n) is 6.71. The maximum atomic E-state index is 12.5. The lowest BCUT2D eigenvalue weighted by Gasteiger charge is -2.21. The van der Waals surface area contributed by atoms with Gasteiger partial charge in [0.15, 0.2) is 0 Å². The minimum atomic E-state index is -3.05. The molecule has 110 valence electrons. The van der Waals surface area contributed by atoms with E-state index in [1.165, 1.54) is 13.2 Å². The van der Waals surface area contributed by atoms with Crippen molar-refractivity contribution in [3.8, 4) is 0 Å². The van der Waals surface area contributed by atoms with E-state index in [-0.39, 0.29) is 11.9 Å². The van der Waals surface area contributed by atoms with Gasteiger partial charge in [-0.2, -0.15) is 0 Å². The first-order chi connectivity index (χ1) is 9.04. The molecule has 1 aliphatic rings. The Labute approximate surface area is 114 Å². The number of hydrogen-bond donors (Lipinski definition) is 0. The summed E-state index contributed by atoms with van der Waals surface area (Å²) in [7, 11) is -1.69. The minimum Gasteiger partial charge on any atom is -0.466 e. The van der Waals surface area contributed by atoms with Gasteiger partial charge in [0.25, 0.3) is 0 Å². The predicted molar refractivity (Wildman–Crippen MR) is 73.2 cm³/mol. The third kappa shape index (κ3) is 5.09. The van der Waals surface area contributed by atoms with Crippen LogP contribution in [0.3, 0.4) is 0 Å². The Kier molecular flexibility index (Phi) is 6.76. The molecule has 0 aromatic carbocycles. The van der Waals surface area contributed by atoms with Gasteiger partial charge in [-0.1, -0.05) is 5.57 Å². The third-order valence-corrected chi connectivity index (χ3v) is 5.33. The standard InChI is InChI=1S/C13H23O5P/c1-4-17-19(15,18-5-2)10-12-8-6-7-11(12)9-13(14)16-3/h9,12H,4-8,10H2,1-3H3/b11-9+. The average Bonchev–Trinajstić information content (AvgIpc) is 2.76. The number of carbonyl (C=O) groups excluding carboxylic acids is 1. The Morgan fingerprint density at radius 3 is 2.53 bits per heavy atom. The molecule has 1 saturated carbocycles. The molecule has 0 N–H and O–H groups in total. The third-order valence-electron chi connectivity index (χ3n) is 3.14. The molecule has 1 fully saturated rings. The van der Waals surface area contributed by atoms with Crippen LogP contribution in [-0.2, 0) is 23.1 Å². The number of esters is 1. The number of hydrogen-bond acceptors (Lipinski definition) is 5. The SMILES string of the molecule is CCOP(=O)(CC1CCC/C1=C\C(=O)OC)OCC. The number of ether oxygens (including phenoxy) is 1. The fourth-order valence-corrected chi connectivity index (χ4v) is 4.39. The van der Waals surface area contributed by atoms with Crippen LogP contribution in [0.2, 0.25) is 0 Å². The maximum absolute atomic E-state index is 12.5. The van der Waals surface area contributed by atoms with Crippen LogP contribution in [0.5, 0.6) is 0 Å². The van der Waals surface area contributed by atoms with Crippen molar-refractivity contribution >= 4 is 13.6 Å². The Balaban J connectivity index is 2.75. The lowest BCUT2D eigenvalue weighted by Crippen LogP contribution is -2.10. The maximum Gasteiger partial charge on any atom is 0.331 e. The summed E-state index contributed by atoms with van der Waals surface area (Å²) in [6.45, 7) is 4.32. The minimum absolute atomic E-state index is 0.0861. The quantitative estimate of drug-likeness (QED) is 0.409. The highest BCUT2D eigenvalue weighted by atomic mass is 31.2. The van der Waals surface area contributed by atoms with Gasteiger partial charge >= 0.3 is 13.6 Å². The highest BCUT2D eigenvalue weighted by Crippen LogP contribution is 2.52. The zero-order chi connectivity index (χ0) is 14.3. The molecule has 0 saturated heterocycles. The van der Waals surface area contributed by atoms with E-state index in [2.05, 4.69) is 4.74 Å². The molecule has 1 aliphatic carbocycles. The molecular weight excluding hydrogens is 267 g/mol. The molecule has 6 heteroatoms. The zero-order valence-corrected chi connectivity index (χ0v) is 12.8. The Hall–Kier alpha value is -0.640. The molecule has 0 radical (unpaired) electrons. The highest BCUT2D eigenvalue weighted by molar-refractivity contribution is 7.53. The molecule has 19 heavy (non-hydrogen) atoms. The van der Waals surface area contributed by atoms with Crippen molar-refractivity contribution in [2.45, 2.75) is 33.1 Å². The molecule has 0 aromatic rings. The van der Waals surface area contributed by atoms with Crippen LogP contribution in [0.1, 0.15) is 33.1 Å². The number of rotatable bonds is 7. The van der Waals surface area contributed by atoms with Gasteiger partial charge in [0.2, 0.25) is 0 Å². The van der Waals surface area contributed by atoms with Crippen LogP contribution >= 0.6 is 7.60 Å². The second-order valence-electron chi connectivity index (χ2n) is 4.46. The van der Waals surface area contributed by atoms with Crippen molar-refractivity contribution in [3.05, 3.63) is 11.6 Å². The Bertz CT molecular complexity index is 367. The van der Waals surface area contributed by atoms with Crippen molar-refractivity contribution in [1.82, 2.24) is 0 Å². The average molecular weight is 290 g/mol. The summed E-state index contributed by atoms with van der Waals surface area (Å²) in [5, 5.41) is 0. The van der Waals surface area contributed by atoms with Crippen LogP contribution < -0.4 is 0 Å². The Morgan fingerprint density at radius 2 is 2.00 bits per heavy atom. The molecule has 0 heterocycles. The summed E-state index contributed by atoms with van der Waals surface area (Å²) < 4.78 is 27.7. The molecule has 0 aliphatic heterocycles. The van der Waals surface area contributed by atoms with E-state index in [9.17, 15) is 9.36 Å². The van der Waals surface area contributed by atoms with Crippen LogP contribution in [0, 0.1) is 5.92 Å². The van der Waals surface area contributed by atoms with Crippen molar-refractivity contribution in [2.24, 2.45) is 5.92 Å². The van der Waals surface area contributed by atoms with E-state index < -0.39 is 7.60 Å². The number of carbonyl (C=O) groups is 1. The van der Waals surface area contributed by atoms with Gasteiger partial charge in [-0.3, -0.25) is 4.57 Å². The first kappa shape index (κ1) is 16.4. The van der Waals surface area contributed by atoms with E-state index >= 15 is 0 Å².